The number of allylic oxidation sites excluding steroid dienone is 4. The maximum Gasteiger partial charge on any atom is 0.334 e. The summed E-state index contributed by atoms with van der Waals surface area (Å²) in [5.41, 5.74) is 4.25. The van der Waals surface area contributed by atoms with Crippen molar-refractivity contribution in [1.82, 2.24) is 0 Å². The molecule has 0 unspecified atom stereocenters. The van der Waals surface area contributed by atoms with Gasteiger partial charge in [0.05, 0.1) is 6.61 Å². The van der Waals surface area contributed by atoms with Gasteiger partial charge in [-0.15, -0.1) is 0 Å². The standard InChI is InChI=1S/C20H28O3/c1-14-6-4-8-15(2)12-19-18(16(3)20(22)23-19)11-10-17(13-21)9-5-7-14/h7-8,10,18-19,21H,3-6,9,11-13H2,1-2H3/b14-7+,15-8+,17-10-/t18-,19+/m1/s1. The molecule has 3 nitrogen and oxygen atoms in total. The van der Waals surface area contributed by atoms with E-state index in [2.05, 4.69) is 38.7 Å². The molecule has 23 heavy (non-hydrogen) atoms. The maximum absolute atomic E-state index is 11.9. The van der Waals surface area contributed by atoms with Gasteiger partial charge in [-0.3, -0.25) is 0 Å². The molecule has 1 fully saturated rings. The van der Waals surface area contributed by atoms with E-state index >= 15 is 0 Å². The Balaban J connectivity index is 2.22. The average Bonchev–Trinajstić information content (AvgIpc) is 2.76. The van der Waals surface area contributed by atoms with Crippen LogP contribution in [0.15, 0.2) is 47.1 Å². The van der Waals surface area contributed by atoms with E-state index in [1.807, 2.05) is 0 Å². The molecule has 0 saturated carbocycles. The number of aliphatic hydroxyl groups excluding tert-OH is 1. The van der Waals surface area contributed by atoms with Crippen LogP contribution in [0.4, 0.5) is 0 Å². The number of ether oxygens (including phenoxy) is 1. The summed E-state index contributed by atoms with van der Waals surface area (Å²) in [6.07, 6.45) is 11.8. The normalized spacial score (nSPS) is 34.1. The molecule has 1 heterocycles. The minimum Gasteiger partial charge on any atom is -0.458 e. The van der Waals surface area contributed by atoms with E-state index in [4.69, 9.17) is 4.74 Å². The topological polar surface area (TPSA) is 46.5 Å². The van der Waals surface area contributed by atoms with Gasteiger partial charge in [0, 0.05) is 17.9 Å². The van der Waals surface area contributed by atoms with Crippen LogP contribution >= 0.6 is 0 Å². The Hall–Kier alpha value is -1.61. The molecule has 3 heteroatoms. The van der Waals surface area contributed by atoms with Crippen LogP contribution in [0.25, 0.3) is 0 Å². The van der Waals surface area contributed by atoms with Crippen molar-refractivity contribution >= 4 is 5.97 Å². The zero-order valence-electron chi connectivity index (χ0n) is 14.3. The summed E-state index contributed by atoms with van der Waals surface area (Å²) < 4.78 is 5.52. The number of hydrogen-bond acceptors (Lipinski definition) is 3. The van der Waals surface area contributed by atoms with Gasteiger partial charge in [0.25, 0.3) is 0 Å². The minimum atomic E-state index is -0.270. The van der Waals surface area contributed by atoms with Crippen LogP contribution in [0.5, 0.6) is 0 Å². The van der Waals surface area contributed by atoms with Crippen LogP contribution in [0.2, 0.25) is 0 Å². The molecule has 1 aliphatic carbocycles. The molecule has 1 aliphatic heterocycles. The van der Waals surface area contributed by atoms with Crippen molar-refractivity contribution in [2.45, 2.75) is 58.5 Å². The van der Waals surface area contributed by atoms with Crippen LogP contribution in [0.3, 0.4) is 0 Å². The van der Waals surface area contributed by atoms with E-state index in [-0.39, 0.29) is 24.6 Å². The Bertz CT molecular complexity index is 551. The third-order valence-electron chi connectivity index (χ3n) is 4.79. The van der Waals surface area contributed by atoms with Crippen molar-refractivity contribution in [3.8, 4) is 0 Å². The Kier molecular flexibility index (Phi) is 6.40. The van der Waals surface area contributed by atoms with Crippen molar-refractivity contribution in [2.24, 2.45) is 5.92 Å². The largest absolute Gasteiger partial charge is 0.458 e. The Morgan fingerprint density at radius 1 is 1.17 bits per heavy atom. The average molecular weight is 316 g/mol. The van der Waals surface area contributed by atoms with E-state index in [1.165, 1.54) is 11.1 Å². The van der Waals surface area contributed by atoms with Crippen molar-refractivity contribution in [3.05, 3.63) is 47.1 Å². The summed E-state index contributed by atoms with van der Waals surface area (Å²) in [7, 11) is 0. The molecule has 126 valence electrons. The predicted octanol–water partition coefficient (Wildman–Crippen LogP) is 4.25. The van der Waals surface area contributed by atoms with Crippen molar-refractivity contribution in [2.75, 3.05) is 6.61 Å². The SMILES string of the molecule is C=C1C(=O)O[C@H]2C/C(C)=C/CC/C(C)=C/CC/C(CO)=C/C[C@H]12. The molecule has 1 N–H and O–H groups in total. The lowest BCUT2D eigenvalue weighted by Gasteiger charge is -2.17. The van der Waals surface area contributed by atoms with Gasteiger partial charge >= 0.3 is 5.97 Å². The number of carbonyl (C=O) groups excluding carboxylic acids is 1. The first-order chi connectivity index (χ1) is 11.0. The lowest BCUT2D eigenvalue weighted by atomic mass is 9.88. The predicted molar refractivity (Wildman–Crippen MR) is 92.9 cm³/mol. The van der Waals surface area contributed by atoms with E-state index in [1.54, 1.807) is 0 Å². The lowest BCUT2D eigenvalue weighted by Crippen LogP contribution is -2.17. The van der Waals surface area contributed by atoms with Crippen molar-refractivity contribution in [1.29, 1.82) is 0 Å². The monoisotopic (exact) mass is 316 g/mol. The molecule has 2 rings (SSSR count). The zero-order chi connectivity index (χ0) is 16.8. The molecule has 1 saturated heterocycles. The van der Waals surface area contributed by atoms with Gasteiger partial charge < -0.3 is 9.84 Å². The first-order valence-corrected chi connectivity index (χ1v) is 8.51. The quantitative estimate of drug-likeness (QED) is 0.447. The van der Waals surface area contributed by atoms with Crippen molar-refractivity contribution < 1.29 is 14.6 Å². The molecule has 0 amide bonds. The lowest BCUT2D eigenvalue weighted by molar-refractivity contribution is -0.139. The van der Waals surface area contributed by atoms with Gasteiger partial charge in [0.2, 0.25) is 0 Å². The van der Waals surface area contributed by atoms with Gasteiger partial charge in [0.1, 0.15) is 6.10 Å². The van der Waals surface area contributed by atoms with Gasteiger partial charge in [0.15, 0.2) is 0 Å². The summed E-state index contributed by atoms with van der Waals surface area (Å²) >= 11 is 0. The number of fused-ring (bicyclic) bond motifs is 1. The second kappa shape index (κ2) is 8.30. The fraction of sp³-hybridized carbons (Fsp3) is 0.550. The summed E-state index contributed by atoms with van der Waals surface area (Å²) in [6.45, 7) is 8.25. The van der Waals surface area contributed by atoms with E-state index < -0.39 is 0 Å². The molecule has 0 aromatic rings. The fourth-order valence-corrected chi connectivity index (χ4v) is 3.24. The minimum absolute atomic E-state index is 0.0209. The maximum atomic E-state index is 11.9. The number of hydrogen-bond donors (Lipinski definition) is 1. The molecular formula is C20H28O3. The van der Waals surface area contributed by atoms with Crippen LogP contribution in [0, 0.1) is 5.92 Å². The zero-order valence-corrected chi connectivity index (χ0v) is 14.3. The molecule has 0 radical (unpaired) electrons. The second-order valence-corrected chi connectivity index (χ2v) is 6.71. The van der Waals surface area contributed by atoms with Gasteiger partial charge in [-0.2, -0.15) is 0 Å². The smallest absolute Gasteiger partial charge is 0.334 e. The number of aliphatic hydroxyl groups is 1. The van der Waals surface area contributed by atoms with Crippen LogP contribution in [-0.2, 0) is 9.53 Å². The Morgan fingerprint density at radius 2 is 1.87 bits per heavy atom. The molecular weight excluding hydrogens is 288 g/mol. The highest BCUT2D eigenvalue weighted by Crippen LogP contribution is 2.34. The molecule has 2 aliphatic rings. The Labute approximate surface area is 139 Å². The summed E-state index contributed by atoms with van der Waals surface area (Å²) in [5.74, 6) is -0.249. The molecule has 0 aromatic heterocycles. The fourth-order valence-electron chi connectivity index (χ4n) is 3.24. The van der Waals surface area contributed by atoms with Crippen LogP contribution in [-0.4, -0.2) is 23.8 Å². The highest BCUT2D eigenvalue weighted by molar-refractivity contribution is 5.90. The number of carbonyl (C=O) groups is 1. The van der Waals surface area contributed by atoms with E-state index in [0.29, 0.717) is 12.0 Å². The number of esters is 1. The molecule has 0 spiro atoms. The third kappa shape index (κ3) is 4.93. The first-order valence-electron chi connectivity index (χ1n) is 8.51. The highest BCUT2D eigenvalue weighted by atomic mass is 16.6. The van der Waals surface area contributed by atoms with Crippen molar-refractivity contribution in [3.63, 3.8) is 0 Å². The first kappa shape index (κ1) is 17.7. The van der Waals surface area contributed by atoms with Crippen LogP contribution in [0.1, 0.15) is 52.4 Å². The Morgan fingerprint density at radius 3 is 2.61 bits per heavy atom. The summed E-state index contributed by atoms with van der Waals surface area (Å²) in [6, 6.07) is 0. The molecule has 0 bridgehead atoms. The van der Waals surface area contributed by atoms with Gasteiger partial charge in [-0.25, -0.2) is 4.79 Å². The highest BCUT2D eigenvalue weighted by Gasteiger charge is 2.37. The van der Waals surface area contributed by atoms with Gasteiger partial charge in [-0.1, -0.05) is 36.0 Å². The van der Waals surface area contributed by atoms with Crippen LogP contribution < -0.4 is 0 Å². The summed E-state index contributed by atoms with van der Waals surface area (Å²) in [5, 5.41) is 9.54. The second-order valence-electron chi connectivity index (χ2n) is 6.71. The van der Waals surface area contributed by atoms with Gasteiger partial charge in [-0.05, 0) is 51.5 Å². The third-order valence-corrected chi connectivity index (χ3v) is 4.79. The number of rotatable bonds is 1. The molecule has 2 atom stereocenters. The molecule has 0 aromatic carbocycles. The summed E-state index contributed by atoms with van der Waals surface area (Å²) in [4.78, 5) is 11.9. The van der Waals surface area contributed by atoms with E-state index in [9.17, 15) is 9.90 Å². The van der Waals surface area contributed by atoms with E-state index in [0.717, 1.165) is 37.7 Å².